The summed E-state index contributed by atoms with van der Waals surface area (Å²) in [6.07, 6.45) is 2.48. The summed E-state index contributed by atoms with van der Waals surface area (Å²) in [7, 11) is 0. The molecule has 2 saturated heterocycles. The largest absolute Gasteiger partial charge is 0.377 e. The van der Waals surface area contributed by atoms with Crippen LogP contribution in [0.1, 0.15) is 24.8 Å². The van der Waals surface area contributed by atoms with Crippen molar-refractivity contribution in [1.29, 1.82) is 5.26 Å². The first-order valence-electron chi connectivity index (χ1n) is 6.99. The Morgan fingerprint density at radius 1 is 1.38 bits per heavy atom. The molecule has 2 fully saturated rings. The zero-order chi connectivity index (χ0) is 14.9. The first kappa shape index (κ1) is 14.6. The minimum Gasteiger partial charge on any atom is -0.377 e. The predicted octanol–water partition coefficient (Wildman–Crippen LogP) is 3.30. The molecule has 0 aliphatic carbocycles. The van der Waals surface area contributed by atoms with E-state index in [2.05, 4.69) is 5.32 Å². The normalized spacial score (nSPS) is 28.5. The first-order chi connectivity index (χ1) is 10.1. The Kier molecular flexibility index (Phi) is 4.05. The van der Waals surface area contributed by atoms with Crippen molar-refractivity contribution in [2.24, 2.45) is 0 Å². The van der Waals surface area contributed by atoms with E-state index in [0.29, 0.717) is 6.61 Å². The molecule has 3 nitrogen and oxygen atoms in total. The van der Waals surface area contributed by atoms with E-state index < -0.39 is 11.6 Å². The summed E-state index contributed by atoms with van der Waals surface area (Å²) >= 11 is 1.86. The lowest BCUT2D eigenvalue weighted by Crippen LogP contribution is -2.44. The molecular formula is C15H16F2N2OS. The fraction of sp³-hybridized carbons (Fsp3) is 0.533. The molecule has 0 aromatic heterocycles. The number of nitriles is 1. The Bertz CT molecular complexity index is 559. The Morgan fingerprint density at radius 3 is 2.76 bits per heavy atom. The van der Waals surface area contributed by atoms with Crippen LogP contribution in [0.4, 0.5) is 14.5 Å². The number of thioether (sulfide) groups is 1. The summed E-state index contributed by atoms with van der Waals surface area (Å²) in [5, 5.41) is 11.7. The molecule has 112 valence electrons. The van der Waals surface area contributed by atoms with Gasteiger partial charge in [-0.15, -0.1) is 0 Å². The minimum absolute atomic E-state index is 0.00520. The number of benzene rings is 1. The van der Waals surface area contributed by atoms with Crippen LogP contribution >= 0.6 is 11.8 Å². The van der Waals surface area contributed by atoms with Crippen LogP contribution in [0.2, 0.25) is 0 Å². The first-order valence-corrected chi connectivity index (χ1v) is 8.15. The molecule has 1 spiro atoms. The topological polar surface area (TPSA) is 45.0 Å². The van der Waals surface area contributed by atoms with Crippen molar-refractivity contribution in [1.82, 2.24) is 0 Å². The molecule has 0 saturated carbocycles. The number of rotatable bonds is 2. The summed E-state index contributed by atoms with van der Waals surface area (Å²) < 4.78 is 33.8. The maximum Gasteiger partial charge on any atom is 0.150 e. The molecule has 2 aliphatic rings. The third kappa shape index (κ3) is 2.99. The second-order valence-electron chi connectivity index (χ2n) is 5.59. The predicted molar refractivity (Wildman–Crippen MR) is 78.3 cm³/mol. The van der Waals surface area contributed by atoms with Crippen LogP contribution in [-0.4, -0.2) is 29.8 Å². The van der Waals surface area contributed by atoms with Crippen molar-refractivity contribution < 1.29 is 13.5 Å². The molecule has 3 rings (SSSR count). The third-order valence-electron chi connectivity index (χ3n) is 4.08. The van der Waals surface area contributed by atoms with E-state index in [1.54, 1.807) is 6.07 Å². The molecule has 1 aromatic carbocycles. The van der Waals surface area contributed by atoms with E-state index >= 15 is 0 Å². The van der Waals surface area contributed by atoms with Gasteiger partial charge in [-0.1, -0.05) is 0 Å². The molecule has 2 aliphatic heterocycles. The van der Waals surface area contributed by atoms with Crippen LogP contribution in [0.25, 0.3) is 0 Å². The van der Waals surface area contributed by atoms with Gasteiger partial charge < -0.3 is 10.1 Å². The van der Waals surface area contributed by atoms with Gasteiger partial charge >= 0.3 is 0 Å². The summed E-state index contributed by atoms with van der Waals surface area (Å²) in [6.45, 7) is 0.609. The van der Waals surface area contributed by atoms with Crippen LogP contribution in [0.5, 0.6) is 0 Å². The van der Waals surface area contributed by atoms with Gasteiger partial charge in [0.2, 0.25) is 0 Å². The summed E-state index contributed by atoms with van der Waals surface area (Å²) in [5.41, 5.74) is -0.284. The zero-order valence-electron chi connectivity index (χ0n) is 11.5. The maximum atomic E-state index is 13.9. The average Bonchev–Trinajstić information content (AvgIpc) is 2.90. The number of anilines is 1. The van der Waals surface area contributed by atoms with Crippen LogP contribution in [0.15, 0.2) is 12.1 Å². The van der Waals surface area contributed by atoms with Crippen molar-refractivity contribution in [3.05, 3.63) is 29.3 Å². The number of halogens is 2. The van der Waals surface area contributed by atoms with Gasteiger partial charge in [-0.05, 0) is 37.1 Å². The van der Waals surface area contributed by atoms with Gasteiger partial charge in [0.15, 0.2) is 11.6 Å². The molecule has 2 atom stereocenters. The Labute approximate surface area is 126 Å². The molecule has 1 N–H and O–H groups in total. The quantitative estimate of drug-likeness (QED) is 0.910. The van der Waals surface area contributed by atoms with Crippen molar-refractivity contribution in [3.63, 3.8) is 0 Å². The SMILES string of the molecule is N#Cc1cc(F)c(N[C@@H]2CCO[C@]3(CCSC3)C2)c(F)c1. The highest BCUT2D eigenvalue weighted by Gasteiger charge is 2.40. The van der Waals surface area contributed by atoms with Gasteiger partial charge in [-0.2, -0.15) is 17.0 Å². The van der Waals surface area contributed by atoms with Crippen molar-refractivity contribution >= 4 is 17.4 Å². The summed E-state index contributed by atoms with van der Waals surface area (Å²) in [5.74, 6) is 0.594. The number of nitrogens with one attached hydrogen (secondary N) is 1. The lowest BCUT2D eigenvalue weighted by Gasteiger charge is -2.38. The molecule has 0 radical (unpaired) electrons. The van der Waals surface area contributed by atoms with Gasteiger partial charge in [0.05, 0.1) is 17.2 Å². The fourth-order valence-electron chi connectivity index (χ4n) is 2.99. The average molecular weight is 310 g/mol. The molecule has 2 heterocycles. The highest BCUT2D eigenvalue weighted by molar-refractivity contribution is 7.99. The van der Waals surface area contributed by atoms with E-state index in [9.17, 15) is 8.78 Å². The van der Waals surface area contributed by atoms with Crippen molar-refractivity contribution in [2.45, 2.75) is 30.9 Å². The number of nitrogens with zero attached hydrogens (tertiary/aromatic N) is 1. The van der Waals surface area contributed by atoms with Gasteiger partial charge in [0, 0.05) is 18.4 Å². The van der Waals surface area contributed by atoms with Crippen LogP contribution < -0.4 is 5.32 Å². The number of hydrogen-bond donors (Lipinski definition) is 1. The molecule has 0 bridgehead atoms. The van der Waals surface area contributed by atoms with E-state index in [0.717, 1.165) is 42.9 Å². The number of hydrogen-bond acceptors (Lipinski definition) is 4. The van der Waals surface area contributed by atoms with E-state index in [1.165, 1.54) is 0 Å². The number of ether oxygens (including phenoxy) is 1. The third-order valence-corrected chi connectivity index (χ3v) is 5.30. The second kappa shape index (κ2) is 5.82. The Hall–Kier alpha value is -1.32. The van der Waals surface area contributed by atoms with Crippen LogP contribution in [0.3, 0.4) is 0 Å². The van der Waals surface area contributed by atoms with Gasteiger partial charge in [-0.3, -0.25) is 0 Å². The smallest absolute Gasteiger partial charge is 0.150 e. The lowest BCUT2D eigenvalue weighted by molar-refractivity contribution is -0.0628. The molecule has 6 heteroatoms. The van der Waals surface area contributed by atoms with Gasteiger partial charge in [0.25, 0.3) is 0 Å². The zero-order valence-corrected chi connectivity index (χ0v) is 12.3. The second-order valence-corrected chi connectivity index (χ2v) is 6.70. The minimum atomic E-state index is -0.715. The summed E-state index contributed by atoms with van der Waals surface area (Å²) in [4.78, 5) is 0. The highest BCUT2D eigenvalue weighted by Crippen LogP contribution is 2.39. The maximum absolute atomic E-state index is 13.9. The fourth-order valence-corrected chi connectivity index (χ4v) is 4.37. The molecule has 0 amide bonds. The Morgan fingerprint density at radius 2 is 2.14 bits per heavy atom. The van der Waals surface area contributed by atoms with Gasteiger partial charge in [-0.25, -0.2) is 8.78 Å². The van der Waals surface area contributed by atoms with Crippen molar-refractivity contribution in [3.8, 4) is 6.07 Å². The molecule has 0 unspecified atom stereocenters. The standard InChI is InChI=1S/C15H16F2N2OS/c16-12-5-10(8-18)6-13(17)14(12)19-11-1-3-20-15(7-11)2-4-21-9-15/h5-6,11,19H,1-4,7,9H2/t11-,15-/m1/s1. The van der Waals surface area contributed by atoms with Crippen molar-refractivity contribution in [2.75, 3.05) is 23.4 Å². The monoisotopic (exact) mass is 310 g/mol. The van der Waals surface area contributed by atoms with E-state index in [-0.39, 0.29) is 22.9 Å². The van der Waals surface area contributed by atoms with E-state index in [4.69, 9.17) is 10.00 Å². The van der Waals surface area contributed by atoms with E-state index in [1.807, 2.05) is 11.8 Å². The molecule has 21 heavy (non-hydrogen) atoms. The molecule has 1 aromatic rings. The van der Waals surface area contributed by atoms with Crippen LogP contribution in [0, 0.1) is 23.0 Å². The molecular weight excluding hydrogens is 294 g/mol. The lowest BCUT2D eigenvalue weighted by atomic mass is 9.89. The van der Waals surface area contributed by atoms with Gasteiger partial charge in [0.1, 0.15) is 5.69 Å². The Balaban J connectivity index is 1.76. The summed E-state index contributed by atoms with van der Waals surface area (Å²) in [6, 6.07) is 3.87. The van der Waals surface area contributed by atoms with Crippen LogP contribution in [-0.2, 0) is 4.74 Å². The highest BCUT2D eigenvalue weighted by atomic mass is 32.2.